The van der Waals surface area contributed by atoms with Gasteiger partial charge < -0.3 is 19.4 Å². The first-order valence-electron chi connectivity index (χ1n) is 11.1. The van der Waals surface area contributed by atoms with Crippen molar-refractivity contribution < 1.29 is 27.8 Å². The van der Waals surface area contributed by atoms with Crippen LogP contribution in [0.5, 0.6) is 5.75 Å². The Bertz CT molecular complexity index is 1480. The summed E-state index contributed by atoms with van der Waals surface area (Å²) in [5, 5.41) is 13.6. The lowest BCUT2D eigenvalue weighted by Gasteiger charge is -2.15. The van der Waals surface area contributed by atoms with Crippen LogP contribution in [-0.2, 0) is 16.6 Å². The van der Waals surface area contributed by atoms with E-state index >= 15 is 0 Å². The molecule has 0 fully saturated rings. The minimum atomic E-state index is -0.623. The van der Waals surface area contributed by atoms with E-state index in [1.165, 1.54) is 31.4 Å². The topological polar surface area (TPSA) is 95.3 Å². The first kappa shape index (κ1) is 27.6. The highest BCUT2D eigenvalue weighted by atomic mass is 35.5. The van der Waals surface area contributed by atoms with E-state index in [0.717, 1.165) is 29.2 Å². The van der Waals surface area contributed by atoms with E-state index in [4.69, 9.17) is 21.1 Å². The van der Waals surface area contributed by atoms with Gasteiger partial charge in [0.05, 0.1) is 17.9 Å². The van der Waals surface area contributed by atoms with Crippen LogP contribution in [-0.4, -0.2) is 39.5 Å². The monoisotopic (exact) mass is 578 g/mol. The van der Waals surface area contributed by atoms with Gasteiger partial charge in [0.25, 0.3) is 0 Å². The molecule has 0 aliphatic heterocycles. The Labute approximate surface area is 229 Å². The fourth-order valence-corrected chi connectivity index (χ4v) is 5.41. The lowest BCUT2D eigenvalue weighted by Crippen LogP contribution is -2.16. The Morgan fingerprint density at radius 2 is 1.87 bits per heavy atom. The molecule has 0 saturated carbocycles. The van der Waals surface area contributed by atoms with Crippen LogP contribution in [0.4, 0.5) is 13.8 Å². The molecule has 4 aromatic rings. The maximum atomic E-state index is 13.3. The number of esters is 1. The third-order valence-corrected chi connectivity index (χ3v) is 7.56. The van der Waals surface area contributed by atoms with E-state index in [2.05, 4.69) is 15.5 Å². The number of thiophene rings is 1. The third kappa shape index (κ3) is 6.14. The highest BCUT2D eigenvalue weighted by Crippen LogP contribution is 2.36. The number of hydrogen-bond acceptors (Lipinski definition) is 8. The second-order valence-electron chi connectivity index (χ2n) is 7.92. The number of anilines is 1. The van der Waals surface area contributed by atoms with Gasteiger partial charge in [-0.15, -0.1) is 21.5 Å². The van der Waals surface area contributed by atoms with Gasteiger partial charge in [0, 0.05) is 18.0 Å². The fraction of sp³-hybridized carbons (Fsp3) is 0.200. The third-order valence-electron chi connectivity index (χ3n) is 5.35. The summed E-state index contributed by atoms with van der Waals surface area (Å²) in [6.45, 7) is 1.74. The van der Waals surface area contributed by atoms with Crippen molar-refractivity contribution in [1.29, 1.82) is 0 Å². The average Bonchev–Trinajstić information content (AvgIpc) is 3.47. The molecular weight excluding hydrogens is 558 g/mol. The van der Waals surface area contributed by atoms with E-state index in [9.17, 15) is 18.4 Å². The summed E-state index contributed by atoms with van der Waals surface area (Å²) in [7, 11) is 2.97. The van der Waals surface area contributed by atoms with Gasteiger partial charge in [0.1, 0.15) is 27.9 Å². The Balaban J connectivity index is 1.43. The fourth-order valence-electron chi connectivity index (χ4n) is 3.51. The normalized spacial score (nSPS) is 11.7. The van der Waals surface area contributed by atoms with Gasteiger partial charge in [-0.3, -0.25) is 4.79 Å². The second kappa shape index (κ2) is 11.9. The predicted molar refractivity (Wildman–Crippen MR) is 142 cm³/mol. The number of halogens is 3. The number of hydrogen-bond donors (Lipinski definition) is 1. The Morgan fingerprint density at radius 3 is 2.55 bits per heavy atom. The number of thioether (sulfide) groups is 1. The van der Waals surface area contributed by atoms with E-state index in [0.29, 0.717) is 32.9 Å². The van der Waals surface area contributed by atoms with Crippen molar-refractivity contribution in [1.82, 2.24) is 14.8 Å². The molecule has 0 saturated heterocycles. The summed E-state index contributed by atoms with van der Waals surface area (Å²) in [6.07, 6.45) is -0.558. The SMILES string of the molecule is COC(=O)c1c(-c2ccc(F)cc2)csc1NC(=O)CSc1nnc(C(C)Oc2ccc(F)cc2Cl)n1C. The van der Waals surface area contributed by atoms with Crippen LogP contribution in [0.2, 0.25) is 5.02 Å². The lowest BCUT2D eigenvalue weighted by atomic mass is 10.0. The average molecular weight is 579 g/mol. The van der Waals surface area contributed by atoms with Crippen molar-refractivity contribution in [3.8, 4) is 16.9 Å². The number of benzene rings is 2. The number of nitrogens with zero attached hydrogens (tertiary/aromatic N) is 3. The molecule has 198 valence electrons. The van der Waals surface area contributed by atoms with Crippen LogP contribution in [0.25, 0.3) is 11.1 Å². The summed E-state index contributed by atoms with van der Waals surface area (Å²) in [5.74, 6) is -1.12. The molecule has 2 aromatic carbocycles. The molecule has 38 heavy (non-hydrogen) atoms. The standard InChI is InChI=1S/C25H21ClF2N4O4S2/c1-13(36-19-9-8-16(28)10-18(19)26)22-30-31-25(32(22)2)38-12-20(33)29-23-21(24(34)35-3)17(11-37-23)14-4-6-15(27)7-5-14/h4-11,13H,12H2,1-3H3,(H,29,33). The number of carbonyl (C=O) groups excluding carboxylic acids is 2. The van der Waals surface area contributed by atoms with E-state index in [1.54, 1.807) is 36.1 Å². The first-order valence-corrected chi connectivity index (χ1v) is 13.3. The minimum Gasteiger partial charge on any atom is -0.481 e. The number of rotatable bonds is 9. The summed E-state index contributed by atoms with van der Waals surface area (Å²) < 4.78 is 39.0. The Hall–Kier alpha value is -3.48. The molecule has 2 heterocycles. The van der Waals surface area contributed by atoms with E-state index < -0.39 is 23.7 Å². The highest BCUT2D eigenvalue weighted by molar-refractivity contribution is 7.99. The molecule has 1 N–H and O–H groups in total. The molecule has 13 heteroatoms. The number of nitrogens with one attached hydrogen (secondary N) is 1. The number of aromatic nitrogens is 3. The summed E-state index contributed by atoms with van der Waals surface area (Å²) >= 11 is 8.34. The Kier molecular flexibility index (Phi) is 8.65. The maximum Gasteiger partial charge on any atom is 0.341 e. The second-order valence-corrected chi connectivity index (χ2v) is 10.2. The largest absolute Gasteiger partial charge is 0.481 e. The molecule has 0 radical (unpaired) electrons. The van der Waals surface area contributed by atoms with Gasteiger partial charge in [-0.05, 0) is 42.8 Å². The minimum absolute atomic E-state index is 0.0185. The zero-order valence-corrected chi connectivity index (χ0v) is 22.7. The highest BCUT2D eigenvalue weighted by Gasteiger charge is 2.23. The van der Waals surface area contributed by atoms with Crippen molar-refractivity contribution in [2.75, 3.05) is 18.2 Å². The van der Waals surface area contributed by atoms with Crippen molar-refractivity contribution in [3.05, 3.63) is 75.9 Å². The molecule has 4 rings (SSSR count). The number of methoxy groups -OCH3 is 1. The Morgan fingerprint density at radius 1 is 1.16 bits per heavy atom. The summed E-state index contributed by atoms with van der Waals surface area (Å²) in [5.41, 5.74) is 1.33. The summed E-state index contributed by atoms with van der Waals surface area (Å²) in [4.78, 5) is 25.2. The molecule has 1 unspecified atom stereocenters. The molecule has 0 bridgehead atoms. The van der Waals surface area contributed by atoms with Gasteiger partial charge in [0.2, 0.25) is 5.91 Å². The van der Waals surface area contributed by atoms with Crippen molar-refractivity contribution >= 4 is 51.6 Å². The van der Waals surface area contributed by atoms with Gasteiger partial charge in [-0.25, -0.2) is 13.6 Å². The van der Waals surface area contributed by atoms with Crippen LogP contribution in [0.3, 0.4) is 0 Å². The molecule has 0 aliphatic rings. The quantitative estimate of drug-likeness (QED) is 0.188. The van der Waals surface area contributed by atoms with Crippen LogP contribution in [0.15, 0.2) is 53.0 Å². The molecule has 0 aliphatic carbocycles. The van der Waals surface area contributed by atoms with Gasteiger partial charge >= 0.3 is 5.97 Å². The van der Waals surface area contributed by atoms with Gasteiger partial charge in [-0.1, -0.05) is 35.5 Å². The maximum absolute atomic E-state index is 13.3. The van der Waals surface area contributed by atoms with Crippen molar-refractivity contribution in [2.45, 2.75) is 18.2 Å². The van der Waals surface area contributed by atoms with E-state index in [-0.39, 0.29) is 22.2 Å². The van der Waals surface area contributed by atoms with Gasteiger partial charge in [-0.2, -0.15) is 0 Å². The molecule has 1 amide bonds. The molecule has 1 atom stereocenters. The van der Waals surface area contributed by atoms with E-state index in [1.807, 2.05) is 0 Å². The molecule has 0 spiro atoms. The zero-order chi connectivity index (χ0) is 27.4. The van der Waals surface area contributed by atoms with Crippen LogP contribution < -0.4 is 10.1 Å². The predicted octanol–water partition coefficient (Wildman–Crippen LogP) is 6.13. The molecule has 8 nitrogen and oxygen atoms in total. The van der Waals surface area contributed by atoms with Crippen molar-refractivity contribution in [2.24, 2.45) is 7.05 Å². The van der Waals surface area contributed by atoms with Crippen molar-refractivity contribution in [3.63, 3.8) is 0 Å². The van der Waals surface area contributed by atoms with Crippen LogP contribution in [0, 0.1) is 11.6 Å². The smallest absolute Gasteiger partial charge is 0.341 e. The summed E-state index contributed by atoms with van der Waals surface area (Å²) in [6, 6.07) is 9.50. The lowest BCUT2D eigenvalue weighted by molar-refractivity contribution is -0.113. The zero-order valence-electron chi connectivity index (χ0n) is 20.3. The number of amides is 1. The first-order chi connectivity index (χ1) is 18.2. The number of carbonyl (C=O) groups is 2. The molecular formula is C25H21ClF2N4O4S2. The van der Waals surface area contributed by atoms with Crippen LogP contribution in [0.1, 0.15) is 29.2 Å². The van der Waals surface area contributed by atoms with Gasteiger partial charge in [0.15, 0.2) is 17.1 Å². The number of ether oxygens (including phenoxy) is 2. The van der Waals surface area contributed by atoms with Crippen LogP contribution >= 0.6 is 34.7 Å². The molecule has 2 aromatic heterocycles.